The molecule has 3 amide bonds. The van der Waals surface area contributed by atoms with Crippen LogP contribution in [-0.4, -0.2) is 57.9 Å². The van der Waals surface area contributed by atoms with Crippen molar-refractivity contribution < 1.29 is 14.3 Å². The average Bonchev–Trinajstić information content (AvgIpc) is 3.07. The molecule has 9 nitrogen and oxygen atoms in total. The molecule has 0 aliphatic carbocycles. The zero-order chi connectivity index (χ0) is 19.4. The van der Waals surface area contributed by atoms with Gasteiger partial charge in [-0.2, -0.15) is 5.10 Å². The van der Waals surface area contributed by atoms with Crippen LogP contribution in [0.5, 0.6) is 5.75 Å². The van der Waals surface area contributed by atoms with E-state index in [1.807, 2.05) is 35.9 Å². The minimum absolute atomic E-state index is 0.177. The summed E-state index contributed by atoms with van der Waals surface area (Å²) in [5.41, 5.74) is 1.86. The summed E-state index contributed by atoms with van der Waals surface area (Å²) in [6.45, 7) is 0.441. The predicted octanol–water partition coefficient (Wildman–Crippen LogP) is 1.16. The number of nitrogens with zero attached hydrogens (tertiary/aromatic N) is 5. The molecular formula is C18H22N6O3. The van der Waals surface area contributed by atoms with Gasteiger partial charge < -0.3 is 14.6 Å². The van der Waals surface area contributed by atoms with Crippen molar-refractivity contribution in [1.29, 1.82) is 0 Å². The van der Waals surface area contributed by atoms with Gasteiger partial charge in [-0.3, -0.25) is 14.7 Å². The van der Waals surface area contributed by atoms with Crippen LogP contribution in [0.3, 0.4) is 0 Å². The van der Waals surface area contributed by atoms with E-state index in [1.54, 1.807) is 30.8 Å². The molecule has 1 fully saturated rings. The smallest absolute Gasteiger partial charge is 0.325 e. The number of hydrazone groups is 1. The van der Waals surface area contributed by atoms with Crippen LogP contribution >= 0.6 is 0 Å². The van der Waals surface area contributed by atoms with Crippen LogP contribution in [-0.2, 0) is 18.4 Å². The number of imide groups is 1. The number of ether oxygens (including phenoxy) is 1. The zero-order valence-electron chi connectivity index (χ0n) is 15.5. The Balaban J connectivity index is 1.55. The van der Waals surface area contributed by atoms with Crippen LogP contribution in [0, 0.1) is 0 Å². The molecule has 1 unspecified atom stereocenters. The number of hydrogen-bond acceptors (Lipinski definition) is 6. The number of benzene rings is 1. The maximum Gasteiger partial charge on any atom is 0.325 e. The number of imidazole rings is 1. The summed E-state index contributed by atoms with van der Waals surface area (Å²) in [4.78, 5) is 28.6. The topological polar surface area (TPSA) is 92.1 Å². The Morgan fingerprint density at radius 1 is 1.33 bits per heavy atom. The van der Waals surface area contributed by atoms with Gasteiger partial charge in [0.1, 0.15) is 18.5 Å². The Labute approximate surface area is 157 Å². The molecule has 1 aromatic heterocycles. The van der Waals surface area contributed by atoms with E-state index in [0.717, 1.165) is 21.9 Å². The van der Waals surface area contributed by atoms with Gasteiger partial charge in [0.25, 0.3) is 0 Å². The number of aromatic nitrogens is 2. The van der Waals surface area contributed by atoms with Gasteiger partial charge in [-0.15, -0.1) is 0 Å². The van der Waals surface area contributed by atoms with E-state index in [9.17, 15) is 9.59 Å². The third-order valence-corrected chi connectivity index (χ3v) is 4.36. The number of rotatable bonds is 6. The van der Waals surface area contributed by atoms with Crippen LogP contribution in [0.1, 0.15) is 17.7 Å². The van der Waals surface area contributed by atoms with Crippen molar-refractivity contribution in [2.24, 2.45) is 12.1 Å². The Kier molecular flexibility index (Phi) is 5.39. The summed E-state index contributed by atoms with van der Waals surface area (Å²) in [6, 6.07) is 7.06. The fraction of sp³-hybridized carbons (Fsp3) is 0.333. The van der Waals surface area contributed by atoms with Crippen LogP contribution in [0.15, 0.2) is 41.9 Å². The van der Waals surface area contributed by atoms with Crippen LogP contribution in [0.2, 0.25) is 0 Å². The van der Waals surface area contributed by atoms with Gasteiger partial charge in [0.15, 0.2) is 0 Å². The molecule has 27 heavy (non-hydrogen) atoms. The van der Waals surface area contributed by atoms with Crippen LogP contribution in [0.25, 0.3) is 0 Å². The van der Waals surface area contributed by atoms with Crippen LogP contribution < -0.4 is 10.1 Å². The van der Waals surface area contributed by atoms with Gasteiger partial charge in [0, 0.05) is 21.1 Å². The second-order valence-corrected chi connectivity index (χ2v) is 6.29. The largest absolute Gasteiger partial charge is 0.487 e. The molecule has 1 aliphatic rings. The molecule has 9 heteroatoms. The van der Waals surface area contributed by atoms with E-state index in [-0.39, 0.29) is 12.3 Å². The number of hydrogen-bond donors (Lipinski definition) is 1. The molecule has 0 spiro atoms. The molecule has 2 heterocycles. The highest BCUT2D eigenvalue weighted by Crippen LogP contribution is 2.14. The zero-order valence-corrected chi connectivity index (χ0v) is 15.5. The van der Waals surface area contributed by atoms with E-state index in [4.69, 9.17) is 4.74 Å². The van der Waals surface area contributed by atoms with E-state index in [1.165, 1.54) is 7.05 Å². The molecule has 1 N–H and O–H groups in total. The van der Waals surface area contributed by atoms with Gasteiger partial charge >= 0.3 is 6.03 Å². The van der Waals surface area contributed by atoms with Gasteiger partial charge in [0.05, 0.1) is 30.9 Å². The lowest BCUT2D eigenvalue weighted by atomic mass is 10.2. The highest BCUT2D eigenvalue weighted by atomic mass is 16.5. The van der Waals surface area contributed by atoms with Crippen molar-refractivity contribution >= 4 is 18.2 Å². The lowest BCUT2D eigenvalue weighted by Crippen LogP contribution is -2.57. The maximum absolute atomic E-state index is 11.8. The van der Waals surface area contributed by atoms with Crippen molar-refractivity contribution in [2.75, 3.05) is 14.1 Å². The minimum atomic E-state index is -0.459. The number of urea groups is 1. The van der Waals surface area contributed by atoms with Crippen LogP contribution in [0.4, 0.5) is 4.79 Å². The number of carbonyl (C=O) groups excluding carboxylic acids is 2. The lowest BCUT2D eigenvalue weighted by Gasteiger charge is -2.32. The molecule has 0 saturated carbocycles. The van der Waals surface area contributed by atoms with Crippen molar-refractivity contribution in [3.8, 4) is 5.75 Å². The molecule has 0 radical (unpaired) electrons. The van der Waals surface area contributed by atoms with Crippen molar-refractivity contribution in [3.05, 3.63) is 48.0 Å². The molecule has 1 saturated heterocycles. The quantitative estimate of drug-likeness (QED) is 0.609. The van der Waals surface area contributed by atoms with E-state index in [2.05, 4.69) is 15.4 Å². The number of aryl methyl sites for hydroxylation is 1. The molecule has 0 bridgehead atoms. The highest BCUT2D eigenvalue weighted by molar-refractivity contribution is 5.96. The fourth-order valence-corrected chi connectivity index (χ4v) is 2.50. The van der Waals surface area contributed by atoms with Crippen molar-refractivity contribution in [2.45, 2.75) is 19.2 Å². The third kappa shape index (κ3) is 4.43. The molecule has 142 valence electrons. The molecule has 1 aromatic carbocycles. The SMILES string of the molecule is CN1C(=O)CC(N(C)/N=C/c2ccc(OCc3cncn3C)cc2)NC1=O. The number of carbonyl (C=O) groups is 2. The molecule has 1 atom stereocenters. The Hall–Kier alpha value is -3.36. The van der Waals surface area contributed by atoms with Gasteiger partial charge in [-0.1, -0.05) is 0 Å². The third-order valence-electron chi connectivity index (χ3n) is 4.36. The number of nitrogens with one attached hydrogen (secondary N) is 1. The second-order valence-electron chi connectivity index (χ2n) is 6.29. The summed E-state index contributed by atoms with van der Waals surface area (Å²) in [6.07, 6.45) is 4.88. The van der Waals surface area contributed by atoms with Gasteiger partial charge in [-0.25, -0.2) is 9.78 Å². The predicted molar refractivity (Wildman–Crippen MR) is 99.0 cm³/mol. The Morgan fingerprint density at radius 2 is 2.07 bits per heavy atom. The summed E-state index contributed by atoms with van der Waals surface area (Å²) in [7, 11) is 5.09. The minimum Gasteiger partial charge on any atom is -0.487 e. The average molecular weight is 370 g/mol. The molecule has 1 aliphatic heterocycles. The first-order valence-electron chi connectivity index (χ1n) is 8.46. The molecular weight excluding hydrogens is 348 g/mol. The standard InChI is InChI=1S/C18H22N6O3/c1-22-12-19-10-14(22)11-27-15-6-4-13(5-7-15)9-20-24(3)16-8-17(25)23(2)18(26)21-16/h4-7,9-10,12,16H,8,11H2,1-3H3,(H,21,26)/b20-9+. The summed E-state index contributed by atoms with van der Waals surface area (Å²) >= 11 is 0. The first-order valence-corrected chi connectivity index (χ1v) is 8.46. The number of amides is 3. The van der Waals surface area contributed by atoms with Crippen molar-refractivity contribution in [3.63, 3.8) is 0 Å². The summed E-state index contributed by atoms with van der Waals surface area (Å²) < 4.78 is 7.64. The first-order chi connectivity index (χ1) is 12.9. The fourth-order valence-electron chi connectivity index (χ4n) is 2.50. The first kappa shape index (κ1) is 18.4. The normalized spacial score (nSPS) is 17.3. The van der Waals surface area contributed by atoms with Gasteiger partial charge in [0.2, 0.25) is 5.91 Å². The summed E-state index contributed by atoms with van der Waals surface area (Å²) in [5, 5.41) is 8.60. The second kappa shape index (κ2) is 7.90. The van der Waals surface area contributed by atoms with E-state index < -0.39 is 12.2 Å². The lowest BCUT2D eigenvalue weighted by molar-refractivity contribution is -0.130. The Bertz CT molecular complexity index is 827. The molecule has 3 rings (SSSR count). The van der Waals surface area contributed by atoms with E-state index in [0.29, 0.717) is 6.61 Å². The maximum atomic E-state index is 11.8. The van der Waals surface area contributed by atoms with E-state index >= 15 is 0 Å². The summed E-state index contributed by atoms with van der Waals surface area (Å²) in [5.74, 6) is 0.510. The van der Waals surface area contributed by atoms with Crippen molar-refractivity contribution in [1.82, 2.24) is 24.8 Å². The monoisotopic (exact) mass is 370 g/mol. The Morgan fingerprint density at radius 3 is 2.70 bits per heavy atom. The van der Waals surface area contributed by atoms with Gasteiger partial charge in [-0.05, 0) is 29.8 Å². The highest BCUT2D eigenvalue weighted by Gasteiger charge is 2.31. The molecule has 2 aromatic rings.